The highest BCUT2D eigenvalue weighted by Crippen LogP contribution is 2.33. The van der Waals surface area contributed by atoms with E-state index in [0.29, 0.717) is 30.2 Å². The maximum absolute atomic E-state index is 11.0. The first-order valence-electron chi connectivity index (χ1n) is 9.71. The Morgan fingerprint density at radius 1 is 1.24 bits per heavy atom. The van der Waals surface area contributed by atoms with Crippen molar-refractivity contribution in [3.8, 4) is 0 Å². The van der Waals surface area contributed by atoms with Gasteiger partial charge in [-0.15, -0.1) is 0 Å². The SMILES string of the molecule is C.NS(=O)(=O)OC[C@@H]1C[C@@H](Nc2ncnc3nc(C4CCCCC4)[nH]c23)C[C@@H]1O. The average molecular weight is 427 g/mol. The monoisotopic (exact) mass is 426 g/mol. The molecule has 3 atom stereocenters. The summed E-state index contributed by atoms with van der Waals surface area (Å²) in [5, 5.41) is 18.4. The molecule has 0 aromatic carbocycles. The topological polar surface area (TPSA) is 156 Å². The van der Waals surface area contributed by atoms with Gasteiger partial charge in [0, 0.05) is 17.9 Å². The quantitative estimate of drug-likeness (QED) is 0.545. The summed E-state index contributed by atoms with van der Waals surface area (Å²) in [7, 11) is -4.01. The lowest BCUT2D eigenvalue weighted by Crippen LogP contribution is -2.24. The average Bonchev–Trinajstić information content (AvgIpc) is 3.24. The van der Waals surface area contributed by atoms with Gasteiger partial charge in [0.2, 0.25) is 0 Å². The lowest BCUT2D eigenvalue weighted by Gasteiger charge is -2.19. The minimum atomic E-state index is -4.01. The minimum absolute atomic E-state index is 0. The molecule has 0 amide bonds. The van der Waals surface area contributed by atoms with Gasteiger partial charge in [-0.2, -0.15) is 8.42 Å². The van der Waals surface area contributed by atoms with E-state index in [9.17, 15) is 13.5 Å². The lowest BCUT2D eigenvalue weighted by atomic mass is 9.89. The van der Waals surface area contributed by atoms with E-state index in [1.165, 1.54) is 25.6 Å². The number of nitrogens with one attached hydrogen (secondary N) is 2. The van der Waals surface area contributed by atoms with Gasteiger partial charge in [0.25, 0.3) is 0 Å². The summed E-state index contributed by atoms with van der Waals surface area (Å²) < 4.78 is 26.6. The number of aromatic nitrogens is 4. The summed E-state index contributed by atoms with van der Waals surface area (Å²) in [5.74, 6) is 1.73. The maximum atomic E-state index is 11.0. The van der Waals surface area contributed by atoms with Crippen molar-refractivity contribution >= 4 is 27.3 Å². The molecule has 2 aromatic rings. The van der Waals surface area contributed by atoms with Crippen molar-refractivity contribution in [2.45, 2.75) is 70.4 Å². The van der Waals surface area contributed by atoms with Crippen LogP contribution < -0.4 is 10.5 Å². The zero-order valence-corrected chi connectivity index (χ0v) is 16.4. The molecule has 162 valence electrons. The Bertz CT molecular complexity index is 928. The Morgan fingerprint density at radius 3 is 2.72 bits per heavy atom. The molecular formula is C18H30N6O4S. The van der Waals surface area contributed by atoms with Gasteiger partial charge < -0.3 is 15.4 Å². The first-order valence-corrected chi connectivity index (χ1v) is 11.2. The molecule has 0 radical (unpaired) electrons. The van der Waals surface area contributed by atoms with E-state index in [-0.39, 0.29) is 26.0 Å². The first kappa shape index (κ1) is 21.9. The highest BCUT2D eigenvalue weighted by atomic mass is 32.2. The van der Waals surface area contributed by atoms with Crippen LogP contribution in [0.25, 0.3) is 11.2 Å². The number of aliphatic hydroxyl groups excluding tert-OH is 1. The molecule has 0 saturated heterocycles. The number of anilines is 1. The van der Waals surface area contributed by atoms with E-state index >= 15 is 0 Å². The highest BCUT2D eigenvalue weighted by molar-refractivity contribution is 7.84. The van der Waals surface area contributed by atoms with Gasteiger partial charge in [-0.25, -0.2) is 20.1 Å². The molecule has 10 nitrogen and oxygen atoms in total. The van der Waals surface area contributed by atoms with Crippen LogP contribution >= 0.6 is 0 Å². The highest BCUT2D eigenvalue weighted by Gasteiger charge is 2.34. The summed E-state index contributed by atoms with van der Waals surface area (Å²) in [6.07, 6.45) is 7.82. The number of hydrogen-bond acceptors (Lipinski definition) is 8. The Hall–Kier alpha value is -1.82. The Kier molecular flexibility index (Phi) is 6.72. The van der Waals surface area contributed by atoms with Gasteiger partial charge in [-0.1, -0.05) is 26.7 Å². The minimum Gasteiger partial charge on any atom is -0.393 e. The number of aliphatic hydroxyl groups is 1. The zero-order chi connectivity index (χ0) is 19.7. The summed E-state index contributed by atoms with van der Waals surface area (Å²) in [6, 6.07) is -0.0661. The smallest absolute Gasteiger partial charge is 0.333 e. The zero-order valence-electron chi connectivity index (χ0n) is 15.5. The molecule has 2 heterocycles. The van der Waals surface area contributed by atoms with Crippen LogP contribution in [0.2, 0.25) is 0 Å². The summed E-state index contributed by atoms with van der Waals surface area (Å²) in [6.45, 7) is -0.132. The van der Waals surface area contributed by atoms with Crippen LogP contribution in [-0.4, -0.2) is 52.2 Å². The van der Waals surface area contributed by atoms with E-state index in [1.54, 1.807) is 0 Å². The third-order valence-corrected chi connectivity index (χ3v) is 6.21. The second-order valence-corrected chi connectivity index (χ2v) is 9.02. The molecule has 2 aromatic heterocycles. The number of aromatic amines is 1. The van der Waals surface area contributed by atoms with Crippen molar-refractivity contribution in [1.29, 1.82) is 0 Å². The van der Waals surface area contributed by atoms with Crippen LogP contribution in [0.3, 0.4) is 0 Å². The number of H-pyrrole nitrogens is 1. The number of nitrogens with two attached hydrogens (primary N) is 1. The Labute approximate surface area is 170 Å². The summed E-state index contributed by atoms with van der Waals surface area (Å²) in [4.78, 5) is 16.7. The molecule has 2 saturated carbocycles. The molecule has 0 unspecified atom stereocenters. The molecule has 0 aliphatic heterocycles. The van der Waals surface area contributed by atoms with Gasteiger partial charge >= 0.3 is 10.3 Å². The van der Waals surface area contributed by atoms with E-state index < -0.39 is 16.4 Å². The van der Waals surface area contributed by atoms with Crippen molar-refractivity contribution in [1.82, 2.24) is 19.9 Å². The van der Waals surface area contributed by atoms with E-state index in [2.05, 4.69) is 29.4 Å². The predicted molar refractivity (Wildman–Crippen MR) is 109 cm³/mol. The fourth-order valence-corrected chi connectivity index (χ4v) is 4.66. The third-order valence-electron chi connectivity index (χ3n) is 5.74. The number of nitrogens with zero attached hydrogens (tertiary/aromatic N) is 3. The normalized spacial score (nSPS) is 25.8. The maximum Gasteiger partial charge on any atom is 0.333 e. The fourth-order valence-electron chi connectivity index (χ4n) is 4.30. The molecule has 11 heteroatoms. The van der Waals surface area contributed by atoms with Crippen molar-refractivity contribution in [2.75, 3.05) is 11.9 Å². The Balaban J connectivity index is 0.00000240. The van der Waals surface area contributed by atoms with Gasteiger partial charge in [-0.3, -0.25) is 4.18 Å². The van der Waals surface area contributed by atoms with Crippen molar-refractivity contribution in [3.05, 3.63) is 12.2 Å². The molecule has 5 N–H and O–H groups in total. The van der Waals surface area contributed by atoms with Crippen LogP contribution in [0, 0.1) is 5.92 Å². The number of rotatable bonds is 6. The second-order valence-electron chi connectivity index (χ2n) is 7.80. The second kappa shape index (κ2) is 8.90. The number of imidazole rings is 1. The first-order chi connectivity index (χ1) is 13.4. The molecule has 0 bridgehead atoms. The van der Waals surface area contributed by atoms with Crippen molar-refractivity contribution in [3.63, 3.8) is 0 Å². The molecule has 2 aliphatic carbocycles. The van der Waals surface area contributed by atoms with Crippen LogP contribution in [0.1, 0.15) is 64.1 Å². The van der Waals surface area contributed by atoms with Crippen LogP contribution in [-0.2, 0) is 14.5 Å². The third kappa shape index (κ3) is 5.21. The van der Waals surface area contributed by atoms with Gasteiger partial charge in [0.1, 0.15) is 17.7 Å². The van der Waals surface area contributed by atoms with Gasteiger partial charge in [0.05, 0.1) is 12.7 Å². The number of hydrogen-bond donors (Lipinski definition) is 4. The molecule has 4 rings (SSSR count). The predicted octanol–water partition coefficient (Wildman–Crippen LogP) is 1.81. The van der Waals surface area contributed by atoms with E-state index in [4.69, 9.17) is 5.14 Å². The van der Waals surface area contributed by atoms with Gasteiger partial charge in [-0.05, 0) is 25.7 Å². The number of fused-ring (bicyclic) bond motifs is 1. The standard InChI is InChI=1S/C17H26N6O4S.CH4/c18-28(25,26)27-8-11-6-12(7-13(11)24)21-16-14-17(20-9-19-16)23-15(22-14)10-4-2-1-3-5-10;/h9-13,24H,1-8H2,(H2,18,25,26)(H2,19,20,21,22,23);1H4/t11-,12+,13-;/m0./s1. The molecule has 0 spiro atoms. The van der Waals surface area contributed by atoms with E-state index in [1.807, 2.05) is 0 Å². The molecular weight excluding hydrogens is 396 g/mol. The molecule has 2 aliphatic rings. The van der Waals surface area contributed by atoms with Crippen LogP contribution in [0.15, 0.2) is 6.33 Å². The molecule has 2 fully saturated rings. The summed E-state index contributed by atoms with van der Waals surface area (Å²) in [5.41, 5.74) is 1.40. The lowest BCUT2D eigenvalue weighted by molar-refractivity contribution is 0.101. The van der Waals surface area contributed by atoms with Crippen molar-refractivity contribution < 1.29 is 17.7 Å². The van der Waals surface area contributed by atoms with Crippen LogP contribution in [0.5, 0.6) is 0 Å². The summed E-state index contributed by atoms with van der Waals surface area (Å²) >= 11 is 0. The largest absolute Gasteiger partial charge is 0.393 e. The van der Waals surface area contributed by atoms with Crippen LogP contribution in [0.4, 0.5) is 5.82 Å². The van der Waals surface area contributed by atoms with E-state index in [0.717, 1.165) is 24.2 Å². The Morgan fingerprint density at radius 2 is 2.00 bits per heavy atom. The van der Waals surface area contributed by atoms with Crippen molar-refractivity contribution in [2.24, 2.45) is 11.1 Å². The molecule has 29 heavy (non-hydrogen) atoms. The van der Waals surface area contributed by atoms with Gasteiger partial charge in [0.15, 0.2) is 11.5 Å². The fraction of sp³-hybridized carbons (Fsp3) is 0.722.